The van der Waals surface area contributed by atoms with Gasteiger partial charge in [-0.15, -0.1) is 0 Å². The molecule has 4 nitrogen and oxygen atoms in total. The van der Waals surface area contributed by atoms with E-state index in [9.17, 15) is 13.6 Å². The zero-order valence-electron chi connectivity index (χ0n) is 11.1. The van der Waals surface area contributed by atoms with Crippen LogP contribution in [0.25, 0.3) is 10.9 Å². The summed E-state index contributed by atoms with van der Waals surface area (Å²) in [4.78, 5) is 12.1. The van der Waals surface area contributed by atoms with Gasteiger partial charge >= 0.3 is 0 Å². The molecule has 0 aliphatic rings. The number of amides is 1. The Morgan fingerprint density at radius 2 is 1.95 bits per heavy atom. The van der Waals surface area contributed by atoms with E-state index in [1.54, 1.807) is 18.2 Å². The van der Waals surface area contributed by atoms with Crippen molar-refractivity contribution in [2.45, 2.75) is 6.92 Å². The summed E-state index contributed by atoms with van der Waals surface area (Å²) in [6.45, 7) is 1.47. The minimum absolute atomic E-state index is 0.202. The maximum atomic E-state index is 13.7. The van der Waals surface area contributed by atoms with Crippen LogP contribution in [-0.2, 0) is 0 Å². The molecule has 0 bridgehead atoms. The van der Waals surface area contributed by atoms with Crippen LogP contribution in [0, 0.1) is 18.6 Å². The monoisotopic (exact) mass is 287 g/mol. The Hall–Kier alpha value is -2.76. The SMILES string of the molecule is Cc1cc(C(=O)Nc2n[nH]c3ccccc23)c(F)cc1F. The summed E-state index contributed by atoms with van der Waals surface area (Å²) in [6.07, 6.45) is 0. The van der Waals surface area contributed by atoms with E-state index >= 15 is 0 Å². The van der Waals surface area contributed by atoms with Crippen molar-refractivity contribution in [3.05, 3.63) is 59.2 Å². The van der Waals surface area contributed by atoms with Crippen LogP contribution in [0.2, 0.25) is 0 Å². The summed E-state index contributed by atoms with van der Waals surface area (Å²) in [6, 6.07) is 9.09. The quantitative estimate of drug-likeness (QED) is 0.759. The Kier molecular flexibility index (Phi) is 3.13. The first-order valence-corrected chi connectivity index (χ1v) is 6.26. The fourth-order valence-electron chi connectivity index (χ4n) is 2.06. The van der Waals surface area contributed by atoms with Gasteiger partial charge in [-0.1, -0.05) is 12.1 Å². The summed E-state index contributed by atoms with van der Waals surface area (Å²) in [5, 5.41) is 9.98. The molecule has 1 aromatic heterocycles. The second kappa shape index (κ2) is 4.97. The number of nitrogens with zero attached hydrogens (tertiary/aromatic N) is 1. The van der Waals surface area contributed by atoms with Crippen molar-refractivity contribution in [2.24, 2.45) is 0 Å². The highest BCUT2D eigenvalue weighted by Gasteiger charge is 2.16. The Balaban J connectivity index is 1.95. The number of carbonyl (C=O) groups excluding carboxylic acids is 1. The van der Waals surface area contributed by atoms with Gasteiger partial charge in [0.1, 0.15) is 11.6 Å². The van der Waals surface area contributed by atoms with Crippen LogP contribution in [0.1, 0.15) is 15.9 Å². The normalized spacial score (nSPS) is 10.8. The van der Waals surface area contributed by atoms with E-state index in [4.69, 9.17) is 0 Å². The van der Waals surface area contributed by atoms with Crippen molar-refractivity contribution in [1.29, 1.82) is 0 Å². The number of aromatic nitrogens is 2. The highest BCUT2D eigenvalue weighted by Crippen LogP contribution is 2.21. The average molecular weight is 287 g/mol. The van der Waals surface area contributed by atoms with Crippen LogP contribution in [0.5, 0.6) is 0 Å². The fourth-order valence-corrected chi connectivity index (χ4v) is 2.06. The molecule has 106 valence electrons. The lowest BCUT2D eigenvalue weighted by Gasteiger charge is -2.06. The second-order valence-corrected chi connectivity index (χ2v) is 4.65. The molecular formula is C15H11F2N3O. The Labute approximate surface area is 118 Å². The van der Waals surface area contributed by atoms with E-state index < -0.39 is 17.5 Å². The van der Waals surface area contributed by atoms with Crippen molar-refractivity contribution in [1.82, 2.24) is 10.2 Å². The molecule has 0 aliphatic heterocycles. The summed E-state index contributed by atoms with van der Waals surface area (Å²) < 4.78 is 26.9. The van der Waals surface area contributed by atoms with E-state index in [2.05, 4.69) is 15.5 Å². The van der Waals surface area contributed by atoms with Crippen molar-refractivity contribution in [3.63, 3.8) is 0 Å². The zero-order chi connectivity index (χ0) is 15.0. The molecule has 0 aliphatic carbocycles. The van der Waals surface area contributed by atoms with Crippen LogP contribution in [0.15, 0.2) is 36.4 Å². The standard InChI is InChI=1S/C15H11F2N3O/c1-8-6-10(12(17)7-11(8)16)15(21)18-14-9-4-2-3-5-13(9)19-20-14/h2-7H,1H3,(H2,18,19,20,21). The number of benzene rings is 2. The molecule has 6 heteroatoms. The van der Waals surface area contributed by atoms with Crippen LogP contribution in [0.4, 0.5) is 14.6 Å². The Bertz CT molecular complexity index is 842. The number of hydrogen-bond acceptors (Lipinski definition) is 2. The van der Waals surface area contributed by atoms with Crippen LogP contribution in [-0.4, -0.2) is 16.1 Å². The van der Waals surface area contributed by atoms with E-state index in [1.165, 1.54) is 13.0 Å². The van der Waals surface area contributed by atoms with Gasteiger partial charge in [-0.05, 0) is 30.7 Å². The van der Waals surface area contributed by atoms with E-state index in [1.807, 2.05) is 6.07 Å². The van der Waals surface area contributed by atoms with Crippen molar-refractivity contribution in [2.75, 3.05) is 5.32 Å². The number of anilines is 1. The lowest BCUT2D eigenvalue weighted by molar-refractivity contribution is 0.102. The largest absolute Gasteiger partial charge is 0.304 e. The first kappa shape index (κ1) is 13.2. The van der Waals surface area contributed by atoms with Gasteiger partial charge in [0.2, 0.25) is 0 Å². The molecule has 21 heavy (non-hydrogen) atoms. The third kappa shape index (κ3) is 2.35. The molecule has 0 saturated heterocycles. The van der Waals surface area contributed by atoms with Crippen molar-refractivity contribution < 1.29 is 13.6 Å². The van der Waals surface area contributed by atoms with Gasteiger partial charge in [0.15, 0.2) is 5.82 Å². The number of para-hydroxylation sites is 1. The third-order valence-electron chi connectivity index (χ3n) is 3.20. The number of aryl methyl sites for hydroxylation is 1. The number of hydrogen-bond donors (Lipinski definition) is 2. The van der Waals surface area contributed by atoms with E-state index in [0.29, 0.717) is 17.3 Å². The van der Waals surface area contributed by atoms with E-state index in [0.717, 1.165) is 5.52 Å². The number of H-pyrrole nitrogens is 1. The van der Waals surface area contributed by atoms with Gasteiger partial charge in [0.05, 0.1) is 11.1 Å². The molecule has 3 rings (SSSR count). The summed E-state index contributed by atoms with van der Waals surface area (Å²) in [7, 11) is 0. The molecule has 0 saturated carbocycles. The molecule has 3 aromatic rings. The molecule has 2 N–H and O–H groups in total. The molecule has 0 fully saturated rings. The van der Waals surface area contributed by atoms with Gasteiger partial charge in [0.25, 0.3) is 5.91 Å². The molecule has 1 heterocycles. The van der Waals surface area contributed by atoms with Crippen molar-refractivity contribution >= 4 is 22.6 Å². The first-order valence-electron chi connectivity index (χ1n) is 6.26. The van der Waals surface area contributed by atoms with Gasteiger partial charge in [-0.25, -0.2) is 8.78 Å². The summed E-state index contributed by atoms with van der Waals surface area (Å²) >= 11 is 0. The zero-order valence-corrected chi connectivity index (χ0v) is 11.1. The fraction of sp³-hybridized carbons (Fsp3) is 0.0667. The average Bonchev–Trinajstić information content (AvgIpc) is 2.86. The molecule has 0 radical (unpaired) electrons. The number of aromatic amines is 1. The molecule has 0 atom stereocenters. The predicted molar refractivity (Wildman–Crippen MR) is 75.1 cm³/mol. The Morgan fingerprint density at radius 1 is 1.19 bits per heavy atom. The molecule has 0 spiro atoms. The summed E-state index contributed by atoms with van der Waals surface area (Å²) in [5.41, 5.74) is 0.734. The highest BCUT2D eigenvalue weighted by atomic mass is 19.1. The minimum Gasteiger partial charge on any atom is -0.304 e. The topological polar surface area (TPSA) is 57.8 Å². The smallest absolute Gasteiger partial charge is 0.259 e. The van der Waals surface area contributed by atoms with Crippen molar-refractivity contribution in [3.8, 4) is 0 Å². The molecular weight excluding hydrogens is 276 g/mol. The number of rotatable bonds is 2. The molecule has 2 aromatic carbocycles. The Morgan fingerprint density at radius 3 is 2.76 bits per heavy atom. The molecule has 1 amide bonds. The summed E-state index contributed by atoms with van der Waals surface area (Å²) in [5.74, 6) is -1.96. The number of halogens is 2. The highest BCUT2D eigenvalue weighted by molar-refractivity contribution is 6.08. The van der Waals surface area contributed by atoms with E-state index in [-0.39, 0.29) is 11.1 Å². The number of nitrogens with one attached hydrogen (secondary N) is 2. The minimum atomic E-state index is -0.907. The third-order valence-corrected chi connectivity index (χ3v) is 3.20. The van der Waals surface area contributed by atoms with Gasteiger partial charge in [-0.3, -0.25) is 9.89 Å². The first-order chi connectivity index (χ1) is 10.1. The van der Waals surface area contributed by atoms with Crippen LogP contribution < -0.4 is 5.32 Å². The van der Waals surface area contributed by atoms with Gasteiger partial charge < -0.3 is 5.32 Å². The van der Waals surface area contributed by atoms with Gasteiger partial charge in [-0.2, -0.15) is 5.10 Å². The molecule has 0 unspecified atom stereocenters. The van der Waals surface area contributed by atoms with Crippen LogP contribution in [0.3, 0.4) is 0 Å². The predicted octanol–water partition coefficient (Wildman–Crippen LogP) is 3.40. The maximum absolute atomic E-state index is 13.7. The number of carbonyl (C=O) groups is 1. The second-order valence-electron chi connectivity index (χ2n) is 4.65. The van der Waals surface area contributed by atoms with Gasteiger partial charge in [0, 0.05) is 11.5 Å². The maximum Gasteiger partial charge on any atom is 0.259 e. The lowest BCUT2D eigenvalue weighted by Crippen LogP contribution is -2.15. The lowest BCUT2D eigenvalue weighted by atomic mass is 10.1. The number of fused-ring (bicyclic) bond motifs is 1. The van der Waals surface area contributed by atoms with Crippen LogP contribution >= 0.6 is 0 Å².